The highest BCUT2D eigenvalue weighted by Crippen LogP contribution is 1.78. The molecule has 0 atom stereocenters. The summed E-state index contributed by atoms with van der Waals surface area (Å²) in [5.41, 5.74) is 0. The lowest BCUT2D eigenvalue weighted by molar-refractivity contribution is -0.869. The summed E-state index contributed by atoms with van der Waals surface area (Å²) in [4.78, 5) is 17.2. The van der Waals surface area contributed by atoms with Crippen LogP contribution in [0.1, 0.15) is 0 Å². The fraction of sp³-hybridized carbons (Fsp3) is 0.250. The second-order valence-electron chi connectivity index (χ2n) is 2.49. The molecule has 0 aliphatic heterocycles. The molecule has 0 saturated carbocycles. The van der Waals surface area contributed by atoms with Gasteiger partial charge in [0.2, 0.25) is 12.4 Å². The maximum Gasteiger partial charge on any atom is 0.477 e. The molecule has 0 aromatic carbocycles. The summed E-state index contributed by atoms with van der Waals surface area (Å²) in [6.45, 7) is 0. The monoisotopic (exact) mass is 202 g/mol. The van der Waals surface area contributed by atoms with Crippen molar-refractivity contribution in [2.45, 2.75) is 0 Å². The third-order valence-electron chi connectivity index (χ3n) is 1.24. The van der Waals surface area contributed by atoms with Crippen LogP contribution in [-0.2, 0) is 0 Å². The van der Waals surface area contributed by atoms with Crippen LogP contribution in [0, 0.1) is 0 Å². The van der Waals surface area contributed by atoms with E-state index < -0.39 is 6.09 Å². The third-order valence-corrected chi connectivity index (χ3v) is 1.24. The Balaban J connectivity index is 0.00000144. The first-order chi connectivity index (χ1) is 5.70. The molecule has 0 saturated heterocycles. The van der Waals surface area contributed by atoms with Crippen LogP contribution in [0.5, 0.6) is 0 Å². The van der Waals surface area contributed by atoms with Crippen molar-refractivity contribution in [1.29, 1.82) is 0 Å². The molecule has 0 unspecified atom stereocenters. The number of carbonyl (C=O) groups is 1. The Morgan fingerprint density at radius 1 is 1.23 bits per heavy atom. The number of carbonyl (C=O) groups excluding carboxylic acids is 1. The maximum absolute atomic E-state index is 11.0. The number of nitrogens with zero attached hydrogens (tertiary/aromatic N) is 2. The fourth-order valence-electron chi connectivity index (χ4n) is 0.616. The third kappa shape index (κ3) is 3.75. The average Bonchev–Trinajstić information content (AvgIpc) is 2.06. The number of hydrogen-bond donors (Lipinski definition) is 0. The van der Waals surface area contributed by atoms with Crippen LogP contribution in [0.2, 0.25) is 0 Å². The molecule has 72 valence electrons. The number of pyridine rings is 1. The topological polar surface area (TPSA) is 33.4 Å². The van der Waals surface area contributed by atoms with Crippen LogP contribution in [0.15, 0.2) is 30.6 Å². The predicted octanol–water partition coefficient (Wildman–Crippen LogP) is -2.91. The highest BCUT2D eigenvalue weighted by molar-refractivity contribution is 5.66. The molecule has 0 aliphatic carbocycles. The molecule has 1 rings (SSSR count). The van der Waals surface area contributed by atoms with Crippen LogP contribution < -0.4 is 22.0 Å². The van der Waals surface area contributed by atoms with Gasteiger partial charge in [0.05, 0.1) is 0 Å². The van der Waals surface area contributed by atoms with Gasteiger partial charge in [-0.3, -0.25) is 0 Å². The Kier molecular flexibility index (Phi) is 4.84. The summed E-state index contributed by atoms with van der Waals surface area (Å²) < 4.78 is 1.35. The fourth-order valence-corrected chi connectivity index (χ4v) is 0.616. The summed E-state index contributed by atoms with van der Waals surface area (Å²) in [6, 6.07) is 5.41. The normalized spacial score (nSPS) is 8.46. The van der Waals surface area contributed by atoms with E-state index in [4.69, 9.17) is 4.84 Å². The first kappa shape index (κ1) is 11.7. The lowest BCUT2D eigenvalue weighted by Crippen LogP contribution is -3.00. The van der Waals surface area contributed by atoms with E-state index in [-0.39, 0.29) is 12.4 Å². The number of rotatable bonds is 1. The van der Waals surface area contributed by atoms with Crippen molar-refractivity contribution in [1.82, 2.24) is 4.90 Å². The van der Waals surface area contributed by atoms with Crippen molar-refractivity contribution < 1.29 is 26.8 Å². The van der Waals surface area contributed by atoms with Gasteiger partial charge in [0, 0.05) is 31.0 Å². The molecule has 0 bridgehead atoms. The summed E-state index contributed by atoms with van der Waals surface area (Å²) in [6.07, 6.45) is 2.91. The molecule has 13 heavy (non-hydrogen) atoms. The molecular weight excluding hydrogens is 192 g/mol. The molecule has 0 radical (unpaired) electrons. The number of halogens is 1. The second kappa shape index (κ2) is 5.37. The van der Waals surface area contributed by atoms with Crippen LogP contribution >= 0.6 is 0 Å². The van der Waals surface area contributed by atoms with Gasteiger partial charge in [0.1, 0.15) is 0 Å². The number of hydrogen-bond acceptors (Lipinski definition) is 2. The van der Waals surface area contributed by atoms with Gasteiger partial charge in [0.15, 0.2) is 0 Å². The molecule has 0 N–H and O–H groups in total. The molecule has 0 aliphatic rings. The molecule has 1 aromatic rings. The minimum absolute atomic E-state index is 0. The Hall–Kier alpha value is -1.29. The molecule has 5 heteroatoms. The Labute approximate surface area is 83.1 Å². The average molecular weight is 203 g/mol. The smallest absolute Gasteiger partial charge is 0.477 e. The standard InChI is InChI=1S/C8H11N2O2.ClH/c1-9(2)8(11)12-10-6-4-3-5-7-10;/h3-7H,1-2H3;1H/q+1;/p-1. The van der Waals surface area contributed by atoms with Gasteiger partial charge in [-0.25, -0.2) is 4.79 Å². The van der Waals surface area contributed by atoms with E-state index in [1.807, 2.05) is 6.07 Å². The Morgan fingerprint density at radius 3 is 2.23 bits per heavy atom. The van der Waals surface area contributed by atoms with Crippen LogP contribution in [0.25, 0.3) is 0 Å². The van der Waals surface area contributed by atoms with E-state index in [2.05, 4.69) is 0 Å². The van der Waals surface area contributed by atoms with Crippen molar-refractivity contribution in [3.05, 3.63) is 30.6 Å². The molecule has 1 amide bonds. The van der Waals surface area contributed by atoms with Crippen molar-refractivity contribution >= 4 is 6.09 Å². The maximum atomic E-state index is 11.0. The first-order valence-electron chi connectivity index (χ1n) is 3.56. The molecule has 0 spiro atoms. The largest absolute Gasteiger partial charge is 1.00 e. The van der Waals surface area contributed by atoms with Gasteiger partial charge < -0.3 is 17.3 Å². The van der Waals surface area contributed by atoms with E-state index in [1.54, 1.807) is 38.6 Å². The van der Waals surface area contributed by atoms with E-state index in [1.165, 1.54) is 9.63 Å². The SMILES string of the molecule is CN(C)C(=O)O[n+]1ccccc1.[Cl-]. The summed E-state index contributed by atoms with van der Waals surface area (Å²) in [5, 5.41) is 0. The lowest BCUT2D eigenvalue weighted by atomic mass is 10.5. The van der Waals surface area contributed by atoms with Gasteiger partial charge >= 0.3 is 6.09 Å². The molecule has 1 heterocycles. The van der Waals surface area contributed by atoms with Crippen molar-refractivity contribution in [3.8, 4) is 0 Å². The van der Waals surface area contributed by atoms with Crippen LogP contribution in [0.4, 0.5) is 4.79 Å². The zero-order chi connectivity index (χ0) is 8.97. The van der Waals surface area contributed by atoms with E-state index in [0.29, 0.717) is 0 Å². The molecular formula is C8H11ClN2O2. The van der Waals surface area contributed by atoms with Gasteiger partial charge in [-0.2, -0.15) is 4.84 Å². The van der Waals surface area contributed by atoms with Gasteiger partial charge in [0.25, 0.3) is 0 Å². The zero-order valence-electron chi connectivity index (χ0n) is 7.48. The minimum atomic E-state index is -0.397. The van der Waals surface area contributed by atoms with Crippen molar-refractivity contribution in [2.24, 2.45) is 0 Å². The van der Waals surface area contributed by atoms with Crippen molar-refractivity contribution in [2.75, 3.05) is 14.1 Å². The van der Waals surface area contributed by atoms with Gasteiger partial charge in [-0.1, -0.05) is 6.07 Å². The summed E-state index contributed by atoms with van der Waals surface area (Å²) >= 11 is 0. The quantitative estimate of drug-likeness (QED) is 0.458. The van der Waals surface area contributed by atoms with E-state index in [0.717, 1.165) is 0 Å². The minimum Gasteiger partial charge on any atom is -1.00 e. The van der Waals surface area contributed by atoms with Gasteiger partial charge in [-0.05, 0) is 0 Å². The van der Waals surface area contributed by atoms with Crippen LogP contribution in [0.3, 0.4) is 0 Å². The Morgan fingerprint density at radius 2 is 1.77 bits per heavy atom. The highest BCUT2D eigenvalue weighted by atomic mass is 35.5. The second-order valence-corrected chi connectivity index (χ2v) is 2.49. The summed E-state index contributed by atoms with van der Waals surface area (Å²) in [5.74, 6) is 0. The molecule has 4 nitrogen and oxygen atoms in total. The predicted molar refractivity (Wildman–Crippen MR) is 42.3 cm³/mol. The first-order valence-corrected chi connectivity index (χ1v) is 3.56. The number of amides is 1. The van der Waals surface area contributed by atoms with Crippen LogP contribution in [-0.4, -0.2) is 25.1 Å². The number of aromatic nitrogens is 1. The van der Waals surface area contributed by atoms with E-state index >= 15 is 0 Å². The van der Waals surface area contributed by atoms with Crippen molar-refractivity contribution in [3.63, 3.8) is 0 Å². The highest BCUT2D eigenvalue weighted by Gasteiger charge is 2.11. The Bertz CT molecular complexity index is 264. The van der Waals surface area contributed by atoms with Gasteiger partial charge in [-0.15, -0.1) is 0 Å². The molecule has 0 fully saturated rings. The lowest BCUT2D eigenvalue weighted by Gasteiger charge is -2.04. The summed E-state index contributed by atoms with van der Waals surface area (Å²) in [7, 11) is 3.26. The molecule has 1 aromatic heterocycles. The van der Waals surface area contributed by atoms with E-state index in [9.17, 15) is 4.79 Å². The zero-order valence-corrected chi connectivity index (χ0v) is 8.23.